The monoisotopic (exact) mass is 408 g/mol. The highest BCUT2D eigenvalue weighted by Crippen LogP contribution is 2.20. The Kier molecular flexibility index (Phi) is 5.74. The zero-order valence-electron chi connectivity index (χ0n) is 16.3. The minimum absolute atomic E-state index is 0.260. The molecule has 0 radical (unpaired) electrons. The van der Waals surface area contributed by atoms with E-state index in [2.05, 4.69) is 9.97 Å². The maximum atomic E-state index is 13.9. The number of rotatable bonds is 5. The van der Waals surface area contributed by atoms with E-state index in [1.165, 1.54) is 6.07 Å². The number of H-pyrrole nitrogens is 1. The number of carbonyl (C=O) groups is 2. The van der Waals surface area contributed by atoms with Gasteiger partial charge in [-0.2, -0.15) is 0 Å². The van der Waals surface area contributed by atoms with E-state index in [9.17, 15) is 14.0 Å². The van der Waals surface area contributed by atoms with Crippen LogP contribution in [0.5, 0.6) is 0 Å². The summed E-state index contributed by atoms with van der Waals surface area (Å²) in [6, 6.07) is 13.4. The van der Waals surface area contributed by atoms with Crippen LogP contribution in [0.25, 0.3) is 11.4 Å². The van der Waals surface area contributed by atoms with Crippen molar-refractivity contribution in [2.24, 2.45) is 0 Å². The van der Waals surface area contributed by atoms with Gasteiger partial charge in [0.25, 0.3) is 5.91 Å². The third-order valence-corrected chi connectivity index (χ3v) is 5.04. The largest absolute Gasteiger partial charge is 0.452 e. The van der Waals surface area contributed by atoms with Gasteiger partial charge in [0.1, 0.15) is 11.6 Å². The number of piperazine rings is 1. The van der Waals surface area contributed by atoms with E-state index in [-0.39, 0.29) is 18.3 Å². The molecule has 30 heavy (non-hydrogen) atoms. The lowest BCUT2D eigenvalue weighted by Gasteiger charge is -2.36. The number of aromatic amines is 1. The van der Waals surface area contributed by atoms with Gasteiger partial charge in [0.2, 0.25) is 0 Å². The van der Waals surface area contributed by atoms with Crippen LogP contribution >= 0.6 is 0 Å². The van der Waals surface area contributed by atoms with Crippen LogP contribution in [0.4, 0.5) is 10.1 Å². The van der Waals surface area contributed by atoms with Crippen LogP contribution in [-0.2, 0) is 9.53 Å². The molecule has 0 spiro atoms. The van der Waals surface area contributed by atoms with Gasteiger partial charge in [-0.3, -0.25) is 4.79 Å². The van der Waals surface area contributed by atoms with E-state index in [1.807, 2.05) is 4.90 Å². The van der Waals surface area contributed by atoms with E-state index < -0.39 is 5.97 Å². The normalized spacial score (nSPS) is 13.9. The van der Waals surface area contributed by atoms with Gasteiger partial charge >= 0.3 is 5.97 Å². The molecule has 7 nitrogen and oxygen atoms in total. The summed E-state index contributed by atoms with van der Waals surface area (Å²) in [4.78, 5) is 35.3. The molecule has 1 aromatic heterocycles. The van der Waals surface area contributed by atoms with Gasteiger partial charge in [-0.05, 0) is 24.3 Å². The molecule has 154 valence electrons. The van der Waals surface area contributed by atoms with Crippen LogP contribution in [-0.4, -0.2) is 59.5 Å². The van der Waals surface area contributed by atoms with E-state index in [0.717, 1.165) is 5.56 Å². The molecule has 0 bridgehead atoms. The number of benzene rings is 2. The first-order valence-corrected chi connectivity index (χ1v) is 9.66. The van der Waals surface area contributed by atoms with Gasteiger partial charge in [0.05, 0.1) is 11.3 Å². The molecule has 3 aromatic rings. The molecule has 1 aliphatic heterocycles. The molecule has 2 heterocycles. The number of imidazole rings is 1. The van der Waals surface area contributed by atoms with Crippen molar-refractivity contribution in [1.82, 2.24) is 14.9 Å². The molecule has 1 saturated heterocycles. The van der Waals surface area contributed by atoms with Crippen LogP contribution in [0.1, 0.15) is 10.4 Å². The van der Waals surface area contributed by atoms with Crippen molar-refractivity contribution in [2.75, 3.05) is 37.7 Å². The number of carbonyl (C=O) groups excluding carboxylic acids is 2. The number of para-hydroxylation sites is 1. The van der Waals surface area contributed by atoms with Gasteiger partial charge in [-0.1, -0.05) is 24.3 Å². The molecule has 0 unspecified atom stereocenters. The molecule has 8 heteroatoms. The van der Waals surface area contributed by atoms with Crippen LogP contribution in [0.3, 0.4) is 0 Å². The summed E-state index contributed by atoms with van der Waals surface area (Å²) in [5, 5.41) is 0. The number of halogens is 1. The third-order valence-electron chi connectivity index (χ3n) is 5.04. The number of ether oxygens (including phenoxy) is 1. The third kappa shape index (κ3) is 4.32. The second-order valence-electron chi connectivity index (χ2n) is 6.91. The molecule has 1 N–H and O–H groups in total. The second-order valence-corrected chi connectivity index (χ2v) is 6.91. The van der Waals surface area contributed by atoms with Gasteiger partial charge < -0.3 is 19.5 Å². The molecule has 2 aromatic carbocycles. The number of hydrogen-bond donors (Lipinski definition) is 1. The van der Waals surface area contributed by atoms with Crippen molar-refractivity contribution < 1.29 is 18.7 Å². The predicted octanol–water partition coefficient (Wildman–Crippen LogP) is 2.72. The summed E-state index contributed by atoms with van der Waals surface area (Å²) in [5.41, 5.74) is 1.75. The Labute approximate surface area is 173 Å². The summed E-state index contributed by atoms with van der Waals surface area (Å²) < 4.78 is 19.1. The Morgan fingerprint density at radius 3 is 2.43 bits per heavy atom. The number of nitrogens with zero attached hydrogens (tertiary/aromatic N) is 3. The highest BCUT2D eigenvalue weighted by Gasteiger charge is 2.23. The Bertz CT molecular complexity index is 1010. The topological polar surface area (TPSA) is 78.5 Å². The van der Waals surface area contributed by atoms with Crippen molar-refractivity contribution in [3.8, 4) is 11.4 Å². The second kappa shape index (κ2) is 8.77. The molecule has 1 amide bonds. The molecule has 4 rings (SSSR count). The molecule has 0 saturated carbocycles. The summed E-state index contributed by atoms with van der Waals surface area (Å²) in [6.07, 6.45) is 3.37. The average Bonchev–Trinajstić information content (AvgIpc) is 3.33. The van der Waals surface area contributed by atoms with E-state index >= 15 is 0 Å². The van der Waals surface area contributed by atoms with Gasteiger partial charge in [-0.25, -0.2) is 14.2 Å². The van der Waals surface area contributed by atoms with Crippen LogP contribution in [0.2, 0.25) is 0 Å². The molecular formula is C22H21FN4O3. The average molecular weight is 408 g/mol. The molecule has 1 fully saturated rings. The highest BCUT2D eigenvalue weighted by molar-refractivity contribution is 5.91. The van der Waals surface area contributed by atoms with E-state index in [4.69, 9.17) is 4.74 Å². The Morgan fingerprint density at radius 1 is 1.03 bits per heavy atom. The number of hydrogen-bond acceptors (Lipinski definition) is 5. The van der Waals surface area contributed by atoms with Crippen molar-refractivity contribution >= 4 is 17.6 Å². The first-order chi connectivity index (χ1) is 14.6. The van der Waals surface area contributed by atoms with Crippen molar-refractivity contribution in [3.63, 3.8) is 0 Å². The summed E-state index contributed by atoms with van der Waals surface area (Å²) in [5.74, 6) is -0.382. The maximum Gasteiger partial charge on any atom is 0.338 e. The van der Waals surface area contributed by atoms with Gasteiger partial charge in [0, 0.05) is 44.1 Å². The lowest BCUT2D eigenvalue weighted by atomic mass is 10.1. The standard InChI is InChI=1S/C22H21FN4O3/c23-18-3-1-2-4-19(18)26-11-13-27(14-12-26)20(28)15-30-22(29)17-7-5-16(6-8-17)21-24-9-10-25-21/h1-10H,11-15H2,(H,24,25). The van der Waals surface area contributed by atoms with Crippen LogP contribution in [0, 0.1) is 5.82 Å². The van der Waals surface area contributed by atoms with Gasteiger partial charge in [-0.15, -0.1) is 0 Å². The fourth-order valence-electron chi connectivity index (χ4n) is 3.39. The minimum Gasteiger partial charge on any atom is -0.452 e. The summed E-state index contributed by atoms with van der Waals surface area (Å²) >= 11 is 0. The van der Waals surface area contributed by atoms with Crippen molar-refractivity contribution in [2.45, 2.75) is 0 Å². The van der Waals surface area contributed by atoms with Crippen LogP contribution in [0.15, 0.2) is 60.9 Å². The summed E-state index contributed by atoms with van der Waals surface area (Å²) in [6.45, 7) is 1.62. The Balaban J connectivity index is 1.27. The van der Waals surface area contributed by atoms with E-state index in [1.54, 1.807) is 59.8 Å². The Hall–Kier alpha value is -3.68. The van der Waals surface area contributed by atoms with Crippen LogP contribution < -0.4 is 4.90 Å². The SMILES string of the molecule is O=C(OCC(=O)N1CCN(c2ccccc2F)CC1)c1ccc(-c2ncc[nH]2)cc1. The quantitative estimate of drug-likeness (QED) is 0.657. The predicted molar refractivity (Wildman–Crippen MR) is 109 cm³/mol. The van der Waals surface area contributed by atoms with Crippen molar-refractivity contribution in [3.05, 3.63) is 72.3 Å². The highest BCUT2D eigenvalue weighted by atomic mass is 19.1. The Morgan fingerprint density at radius 2 is 1.77 bits per heavy atom. The number of anilines is 1. The fraction of sp³-hybridized carbons (Fsp3) is 0.227. The number of esters is 1. The number of aromatic nitrogens is 2. The lowest BCUT2D eigenvalue weighted by molar-refractivity contribution is -0.134. The summed E-state index contributed by atoms with van der Waals surface area (Å²) in [7, 11) is 0. The van der Waals surface area contributed by atoms with Gasteiger partial charge in [0.15, 0.2) is 6.61 Å². The van der Waals surface area contributed by atoms with Crippen molar-refractivity contribution in [1.29, 1.82) is 0 Å². The molecule has 1 aliphatic rings. The fourth-order valence-corrected chi connectivity index (χ4v) is 3.39. The number of nitrogens with one attached hydrogen (secondary N) is 1. The van der Waals surface area contributed by atoms with E-state index in [0.29, 0.717) is 43.3 Å². The first kappa shape index (κ1) is 19.6. The minimum atomic E-state index is -0.556. The number of amides is 1. The smallest absolute Gasteiger partial charge is 0.338 e. The molecule has 0 atom stereocenters. The zero-order valence-corrected chi connectivity index (χ0v) is 16.3. The first-order valence-electron chi connectivity index (χ1n) is 9.66. The maximum absolute atomic E-state index is 13.9. The molecule has 0 aliphatic carbocycles. The molecular weight excluding hydrogens is 387 g/mol. The zero-order chi connectivity index (χ0) is 20.9. The lowest BCUT2D eigenvalue weighted by Crippen LogP contribution is -2.50.